The minimum absolute atomic E-state index is 0.0146. The fourth-order valence-corrected chi connectivity index (χ4v) is 3.15. The number of aryl methyl sites for hydroxylation is 1. The van der Waals surface area contributed by atoms with Crippen LogP contribution in [0.15, 0.2) is 69.4 Å². The van der Waals surface area contributed by atoms with E-state index in [9.17, 15) is 14.7 Å². The van der Waals surface area contributed by atoms with Crippen molar-refractivity contribution in [2.45, 2.75) is 13.8 Å². The number of nitrogens with zero attached hydrogens (tertiary/aromatic N) is 3. The molecule has 2 N–H and O–H groups in total. The summed E-state index contributed by atoms with van der Waals surface area (Å²) in [6.45, 7) is 3.47. The van der Waals surface area contributed by atoms with Crippen molar-refractivity contribution in [1.29, 1.82) is 0 Å². The SMILES string of the molecule is Cc1oc(N=Nc2c(O)c(C(=O)Nc3ccccn3)cc3ccccc23)c(C=O)c1C. The van der Waals surface area contributed by atoms with Gasteiger partial charge in [-0.3, -0.25) is 9.59 Å². The molecule has 0 saturated heterocycles. The van der Waals surface area contributed by atoms with Crippen LogP contribution in [0.5, 0.6) is 5.75 Å². The second-order valence-electron chi connectivity index (χ2n) is 6.83. The highest BCUT2D eigenvalue weighted by molar-refractivity contribution is 6.11. The van der Waals surface area contributed by atoms with Crippen LogP contribution in [0.1, 0.15) is 32.0 Å². The van der Waals surface area contributed by atoms with Crippen LogP contribution in [0.25, 0.3) is 10.8 Å². The summed E-state index contributed by atoms with van der Waals surface area (Å²) in [7, 11) is 0. The smallest absolute Gasteiger partial charge is 0.260 e. The van der Waals surface area contributed by atoms with Gasteiger partial charge in [-0.25, -0.2) is 4.98 Å². The zero-order valence-electron chi connectivity index (χ0n) is 16.8. The Morgan fingerprint density at radius 2 is 1.90 bits per heavy atom. The second-order valence-corrected chi connectivity index (χ2v) is 6.83. The normalized spacial score (nSPS) is 11.2. The maximum Gasteiger partial charge on any atom is 0.260 e. The third-order valence-electron chi connectivity index (χ3n) is 4.92. The first-order valence-electron chi connectivity index (χ1n) is 9.43. The third kappa shape index (κ3) is 3.78. The van der Waals surface area contributed by atoms with Crippen molar-refractivity contribution in [2.75, 3.05) is 5.32 Å². The Morgan fingerprint density at radius 3 is 2.65 bits per heavy atom. The van der Waals surface area contributed by atoms with Gasteiger partial charge in [-0.15, -0.1) is 10.2 Å². The fraction of sp³-hybridized carbons (Fsp3) is 0.0870. The van der Waals surface area contributed by atoms with Gasteiger partial charge in [0.05, 0.1) is 11.1 Å². The van der Waals surface area contributed by atoms with E-state index in [0.717, 1.165) is 0 Å². The monoisotopic (exact) mass is 414 g/mol. The lowest BCUT2D eigenvalue weighted by molar-refractivity contribution is 0.102. The number of fused-ring (bicyclic) bond motifs is 1. The van der Waals surface area contributed by atoms with Gasteiger partial charge in [0, 0.05) is 17.1 Å². The van der Waals surface area contributed by atoms with Gasteiger partial charge < -0.3 is 14.8 Å². The molecule has 2 aromatic carbocycles. The Kier molecular flexibility index (Phi) is 5.28. The highest BCUT2D eigenvalue weighted by Gasteiger charge is 2.20. The van der Waals surface area contributed by atoms with Crippen LogP contribution in [0.2, 0.25) is 0 Å². The molecule has 0 atom stereocenters. The van der Waals surface area contributed by atoms with Crippen LogP contribution >= 0.6 is 0 Å². The molecule has 0 radical (unpaired) electrons. The number of nitrogens with one attached hydrogen (secondary N) is 1. The van der Waals surface area contributed by atoms with E-state index < -0.39 is 5.91 Å². The Hall–Kier alpha value is -4.33. The van der Waals surface area contributed by atoms with Gasteiger partial charge in [-0.1, -0.05) is 30.3 Å². The van der Waals surface area contributed by atoms with Gasteiger partial charge in [0.1, 0.15) is 17.3 Å². The highest BCUT2D eigenvalue weighted by Crippen LogP contribution is 2.40. The number of aldehydes is 1. The fourth-order valence-electron chi connectivity index (χ4n) is 3.15. The van der Waals surface area contributed by atoms with Crippen LogP contribution in [0, 0.1) is 13.8 Å². The van der Waals surface area contributed by atoms with Crippen molar-refractivity contribution in [3.8, 4) is 5.75 Å². The molecule has 8 heteroatoms. The van der Waals surface area contributed by atoms with Crippen molar-refractivity contribution in [3.05, 3.63) is 77.2 Å². The van der Waals surface area contributed by atoms with E-state index in [1.165, 1.54) is 0 Å². The number of anilines is 1. The number of hydrogen-bond acceptors (Lipinski definition) is 7. The van der Waals surface area contributed by atoms with Crippen molar-refractivity contribution >= 4 is 40.4 Å². The topological polar surface area (TPSA) is 117 Å². The van der Waals surface area contributed by atoms with E-state index in [1.54, 1.807) is 62.5 Å². The Balaban J connectivity index is 1.81. The quantitative estimate of drug-likeness (QED) is 0.324. The van der Waals surface area contributed by atoms with E-state index in [1.807, 2.05) is 6.07 Å². The predicted molar refractivity (Wildman–Crippen MR) is 116 cm³/mol. The summed E-state index contributed by atoms with van der Waals surface area (Å²) < 4.78 is 5.51. The minimum atomic E-state index is -0.545. The van der Waals surface area contributed by atoms with Crippen LogP contribution in [-0.4, -0.2) is 22.3 Å². The lowest BCUT2D eigenvalue weighted by atomic mass is 10.0. The van der Waals surface area contributed by atoms with E-state index in [0.29, 0.717) is 34.2 Å². The lowest BCUT2D eigenvalue weighted by Crippen LogP contribution is -2.13. The van der Waals surface area contributed by atoms with Gasteiger partial charge in [0.15, 0.2) is 12.0 Å². The number of phenols is 1. The molecule has 0 aliphatic heterocycles. The van der Waals surface area contributed by atoms with Gasteiger partial charge in [-0.05, 0) is 37.4 Å². The molecule has 0 saturated carbocycles. The molecular weight excluding hydrogens is 396 g/mol. The van der Waals surface area contributed by atoms with Gasteiger partial charge in [0.2, 0.25) is 5.88 Å². The number of pyridine rings is 1. The molecule has 0 aliphatic carbocycles. The molecule has 2 aromatic heterocycles. The first kappa shape index (κ1) is 20.0. The summed E-state index contributed by atoms with van der Waals surface area (Å²) in [4.78, 5) is 28.3. The Morgan fingerprint density at radius 1 is 1.13 bits per heavy atom. The number of azo groups is 1. The van der Waals surface area contributed by atoms with Crippen LogP contribution in [-0.2, 0) is 0 Å². The highest BCUT2D eigenvalue weighted by atomic mass is 16.4. The minimum Gasteiger partial charge on any atom is -0.505 e. The number of aromatic hydroxyl groups is 1. The van der Waals surface area contributed by atoms with E-state index in [4.69, 9.17) is 4.42 Å². The molecule has 31 heavy (non-hydrogen) atoms. The molecule has 0 unspecified atom stereocenters. The molecule has 0 bridgehead atoms. The predicted octanol–water partition coefficient (Wildman–Crippen LogP) is 5.63. The molecule has 4 aromatic rings. The number of rotatable bonds is 5. The first-order valence-corrected chi connectivity index (χ1v) is 9.43. The molecule has 0 spiro atoms. The Labute approximate surface area is 177 Å². The summed E-state index contributed by atoms with van der Waals surface area (Å²) in [5.74, 6) is 0.0473. The largest absolute Gasteiger partial charge is 0.505 e. The number of furan rings is 1. The number of carbonyl (C=O) groups excluding carboxylic acids is 2. The molecule has 8 nitrogen and oxygen atoms in total. The molecule has 0 fully saturated rings. The number of hydrogen-bond donors (Lipinski definition) is 2. The van der Waals surface area contributed by atoms with E-state index in [-0.39, 0.29) is 28.4 Å². The maximum atomic E-state index is 12.8. The summed E-state index contributed by atoms with van der Waals surface area (Å²) in [6, 6.07) is 13.8. The summed E-state index contributed by atoms with van der Waals surface area (Å²) in [6.07, 6.45) is 2.20. The van der Waals surface area contributed by atoms with Gasteiger partial charge >= 0.3 is 0 Å². The summed E-state index contributed by atoms with van der Waals surface area (Å²) in [5, 5.41) is 23.0. The van der Waals surface area contributed by atoms with Gasteiger partial charge in [-0.2, -0.15) is 0 Å². The number of benzene rings is 2. The van der Waals surface area contributed by atoms with Crippen LogP contribution in [0.4, 0.5) is 17.4 Å². The second kappa shape index (κ2) is 8.19. The van der Waals surface area contributed by atoms with Gasteiger partial charge in [0.25, 0.3) is 5.91 Å². The average Bonchev–Trinajstić information content (AvgIpc) is 3.06. The molecule has 1 amide bonds. The van der Waals surface area contributed by atoms with Crippen molar-refractivity contribution < 1.29 is 19.1 Å². The van der Waals surface area contributed by atoms with Crippen LogP contribution < -0.4 is 5.32 Å². The number of carbonyl (C=O) groups is 2. The van der Waals surface area contributed by atoms with Crippen LogP contribution in [0.3, 0.4) is 0 Å². The van der Waals surface area contributed by atoms with E-state index >= 15 is 0 Å². The number of aromatic nitrogens is 1. The van der Waals surface area contributed by atoms with Crippen molar-refractivity contribution in [1.82, 2.24) is 4.98 Å². The standard InChI is InChI=1S/C23H18N4O4/c1-13-14(2)31-23(18(13)12-28)27-26-20-16-8-4-3-7-15(16)11-17(21(20)29)22(30)25-19-9-5-6-10-24-19/h3-12,29H,1-2H3,(H,24,25,30). The molecule has 2 heterocycles. The Bertz CT molecular complexity index is 1330. The molecule has 4 rings (SSSR count). The van der Waals surface area contributed by atoms with E-state index in [2.05, 4.69) is 20.5 Å². The third-order valence-corrected chi connectivity index (χ3v) is 4.92. The number of amides is 1. The zero-order valence-corrected chi connectivity index (χ0v) is 16.8. The lowest BCUT2D eigenvalue weighted by Gasteiger charge is -2.10. The summed E-state index contributed by atoms with van der Waals surface area (Å²) >= 11 is 0. The average molecular weight is 414 g/mol. The summed E-state index contributed by atoms with van der Waals surface area (Å²) in [5.41, 5.74) is 1.06. The number of phenolic OH excluding ortho intramolecular Hbond substituents is 1. The molecule has 0 aliphatic rings. The van der Waals surface area contributed by atoms with Crippen molar-refractivity contribution in [2.24, 2.45) is 10.2 Å². The molecular formula is C23H18N4O4. The first-order chi connectivity index (χ1) is 15.0. The molecule has 154 valence electrons. The maximum absolute atomic E-state index is 12.8. The zero-order chi connectivity index (χ0) is 22.0. The van der Waals surface area contributed by atoms with Crippen molar-refractivity contribution in [3.63, 3.8) is 0 Å².